The summed E-state index contributed by atoms with van der Waals surface area (Å²) in [5, 5.41) is 22.5. The number of hydrogen-bond donors (Lipinski definition) is 2. The average Bonchev–Trinajstić information content (AvgIpc) is 3.96. The lowest BCUT2D eigenvalue weighted by molar-refractivity contribution is 0.165. The minimum absolute atomic E-state index is 0.0971. The van der Waals surface area contributed by atoms with Gasteiger partial charge in [0.2, 0.25) is 0 Å². The smallest absolute Gasteiger partial charge is 0.395 e. The van der Waals surface area contributed by atoms with E-state index in [-0.39, 0.29) is 13.2 Å². The number of nitrogens with zero attached hydrogens (tertiary/aromatic N) is 8. The summed E-state index contributed by atoms with van der Waals surface area (Å²) in [6.07, 6.45) is 0. The third-order valence-electron chi connectivity index (χ3n) is 9.75. The summed E-state index contributed by atoms with van der Waals surface area (Å²) < 4.78 is 19.1. The molecule has 0 spiro atoms. The van der Waals surface area contributed by atoms with Crippen molar-refractivity contribution in [2.24, 2.45) is 30.0 Å². The van der Waals surface area contributed by atoms with Gasteiger partial charge in [-0.25, -0.2) is 30.0 Å². The van der Waals surface area contributed by atoms with Crippen molar-refractivity contribution in [2.75, 3.05) is 49.4 Å². The van der Waals surface area contributed by atoms with E-state index in [1.165, 1.54) is 0 Å². The van der Waals surface area contributed by atoms with Gasteiger partial charge in [0.05, 0.1) is 13.2 Å². The van der Waals surface area contributed by atoms with E-state index in [2.05, 4.69) is 32.7 Å². The number of benzene rings is 4. The van der Waals surface area contributed by atoms with E-state index in [0.29, 0.717) is 82.2 Å². The quantitative estimate of drug-likeness (QED) is 0.0756. The van der Waals surface area contributed by atoms with Crippen LogP contribution in [0.1, 0.15) is 22.3 Å². The standard InChI is InChI=1S/C40H34N8O4S4Si/c49-17-21-53-55-23-19-51-57(52-20-24-56-54-22-18-50)47-37-29-13-5-6-14-30(29)39(47)45-35-27-11-3-4-12-28(27)36(42-35)46-40-32-16-8-7-15-31(32)38(48(40)57)44-34-26-10-2-1-9-25(26)33(41-34)43-37/h1-16,49-50H,17-24H2. The van der Waals surface area contributed by atoms with Crippen LogP contribution in [-0.2, 0) is 8.85 Å². The van der Waals surface area contributed by atoms with Crippen molar-refractivity contribution < 1.29 is 19.1 Å². The molecule has 286 valence electrons. The van der Waals surface area contributed by atoms with Crippen LogP contribution in [0.5, 0.6) is 0 Å². The third kappa shape index (κ3) is 6.36. The van der Waals surface area contributed by atoms with Crippen LogP contribution >= 0.6 is 43.2 Å². The highest BCUT2D eigenvalue weighted by Crippen LogP contribution is 2.43. The molecule has 57 heavy (non-hydrogen) atoms. The predicted octanol–water partition coefficient (Wildman–Crippen LogP) is 6.15. The molecule has 0 saturated carbocycles. The Morgan fingerprint density at radius 2 is 0.807 bits per heavy atom. The third-order valence-corrected chi connectivity index (χ3v) is 17.6. The van der Waals surface area contributed by atoms with Crippen LogP contribution < -0.4 is 11.0 Å². The molecule has 6 aromatic rings. The van der Waals surface area contributed by atoms with Crippen molar-refractivity contribution in [3.05, 3.63) is 130 Å². The fourth-order valence-electron chi connectivity index (χ4n) is 7.46. The summed E-state index contributed by atoms with van der Waals surface area (Å²) in [6.45, 7) is 0.801. The summed E-state index contributed by atoms with van der Waals surface area (Å²) in [4.78, 5) is 32.1. The maximum atomic E-state index is 9.51. The molecule has 2 N–H and O–H groups in total. The number of aliphatic hydroxyl groups excluding tert-OH is 2. The topological polar surface area (TPSA) is 143 Å². The Hall–Kier alpha value is -4.30. The van der Waals surface area contributed by atoms with Crippen LogP contribution in [0.25, 0.3) is 21.5 Å². The lowest BCUT2D eigenvalue weighted by Gasteiger charge is -2.33. The number of aliphatic hydroxyl groups is 2. The molecule has 0 unspecified atom stereocenters. The lowest BCUT2D eigenvalue weighted by Crippen LogP contribution is -2.64. The van der Waals surface area contributed by atoms with Gasteiger partial charge in [-0.05, 0) is 0 Å². The summed E-state index contributed by atoms with van der Waals surface area (Å²) in [5.41, 5.74) is 4.71. The molecule has 0 aliphatic carbocycles. The van der Waals surface area contributed by atoms with Crippen LogP contribution in [0, 0.1) is 0 Å². The molecule has 6 bridgehead atoms. The van der Waals surface area contributed by atoms with Crippen LogP contribution in [0.3, 0.4) is 0 Å². The molecule has 12 nitrogen and oxygen atoms in total. The SMILES string of the molecule is OCCSSCCO[Si]1(OCCSSCCO)n2c3c4ccccc4c2N=C2N=C(N=c4c5ccccc5c(n41)=NC1=NC(=N3)c3ccccc31)c1ccccc12. The number of amidine groups is 4. The minimum Gasteiger partial charge on any atom is -0.395 e. The molecule has 0 atom stereocenters. The molecular formula is C40H34N8O4S4Si. The number of rotatable bonds is 14. The minimum atomic E-state index is -4.17. The fraction of sp³-hybridized carbons (Fsp3) is 0.200. The maximum absolute atomic E-state index is 9.51. The molecule has 10 rings (SSSR count). The first-order chi connectivity index (χ1) is 28.2. The van der Waals surface area contributed by atoms with Crippen LogP contribution in [0.2, 0.25) is 0 Å². The van der Waals surface area contributed by atoms with Gasteiger partial charge in [0.1, 0.15) is 22.6 Å². The van der Waals surface area contributed by atoms with E-state index >= 15 is 0 Å². The Kier molecular flexibility index (Phi) is 10.3. The molecule has 17 heteroatoms. The lowest BCUT2D eigenvalue weighted by atomic mass is 10.1. The largest absolute Gasteiger partial charge is 0.603 e. The van der Waals surface area contributed by atoms with Gasteiger partial charge in [0.25, 0.3) is 0 Å². The van der Waals surface area contributed by atoms with Gasteiger partial charge in [-0.1, -0.05) is 140 Å². The number of hydrogen-bond acceptors (Lipinski definition) is 14. The van der Waals surface area contributed by atoms with Gasteiger partial charge >= 0.3 is 8.88 Å². The normalized spacial score (nSPS) is 15.6. The number of fused-ring (bicyclic) bond motifs is 14. The molecule has 0 saturated heterocycles. The van der Waals surface area contributed by atoms with Crippen LogP contribution in [-0.4, -0.2) is 100 Å². The van der Waals surface area contributed by atoms with E-state index < -0.39 is 8.88 Å². The Morgan fingerprint density at radius 3 is 1.23 bits per heavy atom. The zero-order valence-electron chi connectivity index (χ0n) is 30.3. The van der Waals surface area contributed by atoms with E-state index in [1.54, 1.807) is 43.2 Å². The number of aliphatic imine (C=N–C) groups is 4. The van der Waals surface area contributed by atoms with Gasteiger partial charge in [0.15, 0.2) is 23.3 Å². The van der Waals surface area contributed by atoms with Crippen molar-refractivity contribution in [1.82, 2.24) is 8.47 Å². The summed E-state index contributed by atoms with van der Waals surface area (Å²) in [7, 11) is 2.31. The molecule has 4 aromatic carbocycles. The molecule has 0 radical (unpaired) electrons. The predicted molar refractivity (Wildman–Crippen MR) is 237 cm³/mol. The van der Waals surface area contributed by atoms with Gasteiger partial charge in [-0.2, -0.15) is 0 Å². The van der Waals surface area contributed by atoms with E-state index in [9.17, 15) is 10.2 Å². The van der Waals surface area contributed by atoms with Crippen molar-refractivity contribution in [2.45, 2.75) is 0 Å². The summed E-state index contributed by atoms with van der Waals surface area (Å²) >= 11 is 0. The molecule has 2 aromatic heterocycles. The Labute approximate surface area is 343 Å². The highest BCUT2D eigenvalue weighted by Gasteiger charge is 2.53. The monoisotopic (exact) mass is 846 g/mol. The van der Waals surface area contributed by atoms with E-state index in [4.69, 9.17) is 38.8 Å². The van der Waals surface area contributed by atoms with Gasteiger partial charge in [0, 0.05) is 80.0 Å². The second-order valence-corrected chi connectivity index (χ2v) is 21.1. The maximum Gasteiger partial charge on any atom is 0.603 e. The number of aromatic nitrogens is 2. The van der Waals surface area contributed by atoms with Crippen LogP contribution in [0.4, 0.5) is 11.6 Å². The van der Waals surface area contributed by atoms with Crippen molar-refractivity contribution in [1.29, 1.82) is 0 Å². The second kappa shape index (κ2) is 15.8. The van der Waals surface area contributed by atoms with Gasteiger partial charge in [-0.3, -0.25) is 8.47 Å². The van der Waals surface area contributed by atoms with Crippen molar-refractivity contribution in [3.63, 3.8) is 0 Å². The van der Waals surface area contributed by atoms with Crippen molar-refractivity contribution >= 4 is 109 Å². The zero-order chi connectivity index (χ0) is 38.3. The first-order valence-electron chi connectivity index (χ1n) is 18.4. The summed E-state index contributed by atoms with van der Waals surface area (Å²) in [6, 6.07) is 32.4. The molecule has 0 amide bonds. The van der Waals surface area contributed by atoms with E-state index in [1.807, 2.05) is 72.8 Å². The van der Waals surface area contributed by atoms with Gasteiger partial charge < -0.3 is 19.1 Å². The average molecular weight is 847 g/mol. The second-order valence-electron chi connectivity index (χ2n) is 13.1. The molecule has 4 aliphatic rings. The molecule has 4 aliphatic heterocycles. The van der Waals surface area contributed by atoms with Gasteiger partial charge in [-0.15, -0.1) is 0 Å². The molecule has 6 heterocycles. The van der Waals surface area contributed by atoms with Crippen molar-refractivity contribution in [3.8, 4) is 0 Å². The fourth-order valence-corrected chi connectivity index (χ4v) is 14.2. The highest BCUT2D eigenvalue weighted by atomic mass is 33.1. The van der Waals surface area contributed by atoms with Crippen LogP contribution in [0.15, 0.2) is 127 Å². The molecular weight excluding hydrogens is 813 g/mol. The Bertz CT molecular complexity index is 2660. The molecule has 0 fully saturated rings. The summed E-state index contributed by atoms with van der Waals surface area (Å²) in [5.74, 6) is 5.81. The highest BCUT2D eigenvalue weighted by molar-refractivity contribution is 8.77. The Morgan fingerprint density at radius 1 is 0.439 bits per heavy atom. The van der Waals surface area contributed by atoms with E-state index in [0.717, 1.165) is 43.8 Å². The first-order valence-corrected chi connectivity index (χ1v) is 25.1. The first kappa shape index (κ1) is 37.0. The Balaban J connectivity index is 1.37. The zero-order valence-corrected chi connectivity index (χ0v) is 34.6.